The Balaban J connectivity index is 1.41. The molecule has 0 aliphatic carbocycles. The fraction of sp³-hybridized carbons (Fsp3) is 0.286. The van der Waals surface area contributed by atoms with Gasteiger partial charge in [0.25, 0.3) is 5.91 Å². The molecule has 1 amide bonds. The number of para-hydroxylation sites is 2. The molecule has 0 unspecified atom stereocenters. The number of hydrazone groups is 1. The van der Waals surface area contributed by atoms with Gasteiger partial charge in [-0.15, -0.1) is 0 Å². The highest BCUT2D eigenvalue weighted by Gasteiger charge is 2.37. The number of imidazole rings is 1. The first-order valence-corrected chi connectivity index (χ1v) is 9.69. The van der Waals surface area contributed by atoms with Gasteiger partial charge in [0, 0.05) is 18.8 Å². The zero-order valence-corrected chi connectivity index (χ0v) is 16.5. The van der Waals surface area contributed by atoms with Crippen molar-refractivity contribution < 1.29 is 22.7 Å². The van der Waals surface area contributed by atoms with E-state index in [1.54, 1.807) is 12.1 Å². The van der Waals surface area contributed by atoms with Crippen LogP contribution in [0.1, 0.15) is 11.4 Å². The average Bonchev–Trinajstić information content (AvgIpc) is 3.14. The number of anilines is 1. The number of rotatable bonds is 5. The number of aromatic nitrogens is 2. The number of carbonyl (C=O) groups is 1. The molecule has 0 saturated carbocycles. The smallest absolute Gasteiger partial charge is 0.378 e. The Morgan fingerprint density at radius 3 is 2.55 bits per heavy atom. The molecule has 1 aliphatic heterocycles. The van der Waals surface area contributed by atoms with E-state index in [-0.39, 0.29) is 11.0 Å². The summed E-state index contributed by atoms with van der Waals surface area (Å²) in [6, 6.07) is 13.7. The number of amides is 1. The predicted molar refractivity (Wildman–Crippen MR) is 110 cm³/mol. The Morgan fingerprint density at radius 1 is 1.13 bits per heavy atom. The second-order valence-corrected chi connectivity index (χ2v) is 6.99. The van der Waals surface area contributed by atoms with Crippen LogP contribution in [0.4, 0.5) is 18.9 Å². The summed E-state index contributed by atoms with van der Waals surface area (Å²) in [5, 5.41) is 3.86. The summed E-state index contributed by atoms with van der Waals surface area (Å²) in [6.45, 7) is 2.48. The quantitative estimate of drug-likeness (QED) is 0.498. The molecule has 1 aliphatic rings. The van der Waals surface area contributed by atoms with E-state index in [1.165, 1.54) is 18.3 Å². The summed E-state index contributed by atoms with van der Waals surface area (Å²) in [5.74, 6) is -1.80. The lowest BCUT2D eigenvalue weighted by Crippen LogP contribution is -2.36. The molecular weight excluding hydrogens is 411 g/mol. The van der Waals surface area contributed by atoms with E-state index in [0.717, 1.165) is 28.9 Å². The Morgan fingerprint density at radius 2 is 1.84 bits per heavy atom. The molecule has 0 bridgehead atoms. The minimum atomic E-state index is -4.68. The highest BCUT2D eigenvalue weighted by Crippen LogP contribution is 2.31. The number of nitrogens with one attached hydrogen (secondary N) is 1. The molecule has 162 valence electrons. The maximum absolute atomic E-state index is 13.3. The van der Waals surface area contributed by atoms with Crippen LogP contribution in [-0.4, -0.2) is 48.0 Å². The van der Waals surface area contributed by atoms with Crippen molar-refractivity contribution in [3.05, 3.63) is 59.9 Å². The van der Waals surface area contributed by atoms with Gasteiger partial charge in [0.15, 0.2) is 0 Å². The minimum absolute atomic E-state index is 0.173. The van der Waals surface area contributed by atoms with Crippen LogP contribution in [0.15, 0.2) is 53.6 Å². The molecule has 0 radical (unpaired) electrons. The molecule has 7 nitrogen and oxygen atoms in total. The lowest BCUT2D eigenvalue weighted by molar-refractivity contribution is -0.147. The van der Waals surface area contributed by atoms with Gasteiger partial charge < -0.3 is 14.2 Å². The molecule has 1 saturated heterocycles. The fourth-order valence-corrected chi connectivity index (χ4v) is 3.40. The lowest BCUT2D eigenvalue weighted by Gasteiger charge is -2.28. The van der Waals surface area contributed by atoms with Gasteiger partial charge in [-0.1, -0.05) is 24.3 Å². The van der Waals surface area contributed by atoms with Crippen LogP contribution < -0.4 is 10.3 Å². The highest BCUT2D eigenvalue weighted by atomic mass is 19.4. The van der Waals surface area contributed by atoms with Crippen LogP contribution >= 0.6 is 0 Å². The summed E-state index contributed by atoms with van der Waals surface area (Å²) < 4.78 is 46.1. The molecule has 2 heterocycles. The van der Waals surface area contributed by atoms with Crippen LogP contribution in [0.5, 0.6) is 0 Å². The number of fused-ring (bicyclic) bond motifs is 1. The third kappa shape index (κ3) is 4.85. The van der Waals surface area contributed by atoms with E-state index in [9.17, 15) is 18.0 Å². The standard InChI is InChI=1S/C21H20F3N5O2/c22-21(23,24)20-26-17-3-1-2-4-18(17)29(20)14-19(30)27-25-13-15-5-7-16(8-6-15)28-9-11-31-12-10-28/h1-8,13H,9-12,14H2,(H,27,30)/b25-13+. The summed E-state index contributed by atoms with van der Waals surface area (Å²) in [7, 11) is 0. The molecule has 3 aromatic rings. The second-order valence-electron chi connectivity index (χ2n) is 6.99. The number of alkyl halides is 3. The zero-order valence-electron chi connectivity index (χ0n) is 16.5. The topological polar surface area (TPSA) is 71.8 Å². The Hall–Kier alpha value is -3.40. The van der Waals surface area contributed by atoms with E-state index >= 15 is 0 Å². The first-order valence-electron chi connectivity index (χ1n) is 9.69. The predicted octanol–water partition coefficient (Wildman–Crippen LogP) is 3.04. The van der Waals surface area contributed by atoms with Gasteiger partial charge in [-0.2, -0.15) is 18.3 Å². The minimum Gasteiger partial charge on any atom is -0.378 e. The molecule has 2 aromatic carbocycles. The number of hydrogen-bond donors (Lipinski definition) is 1. The highest BCUT2D eigenvalue weighted by molar-refractivity contribution is 5.84. The molecule has 0 atom stereocenters. The molecule has 1 aromatic heterocycles. The number of hydrogen-bond acceptors (Lipinski definition) is 5. The van der Waals surface area contributed by atoms with Crippen molar-refractivity contribution in [3.8, 4) is 0 Å². The van der Waals surface area contributed by atoms with Gasteiger partial charge in [0.05, 0.1) is 30.5 Å². The van der Waals surface area contributed by atoms with E-state index in [4.69, 9.17) is 4.74 Å². The van der Waals surface area contributed by atoms with Crippen LogP contribution in [0.2, 0.25) is 0 Å². The zero-order chi connectivity index (χ0) is 21.8. The lowest BCUT2D eigenvalue weighted by atomic mass is 10.2. The number of benzene rings is 2. The van der Waals surface area contributed by atoms with Crippen molar-refractivity contribution in [1.29, 1.82) is 0 Å². The van der Waals surface area contributed by atoms with Crippen molar-refractivity contribution in [1.82, 2.24) is 15.0 Å². The van der Waals surface area contributed by atoms with Gasteiger partial charge in [-0.25, -0.2) is 10.4 Å². The van der Waals surface area contributed by atoms with Crippen molar-refractivity contribution in [3.63, 3.8) is 0 Å². The molecule has 31 heavy (non-hydrogen) atoms. The first-order chi connectivity index (χ1) is 14.9. The monoisotopic (exact) mass is 431 g/mol. The average molecular weight is 431 g/mol. The van der Waals surface area contributed by atoms with Gasteiger partial charge in [-0.3, -0.25) is 4.79 Å². The number of morpholine rings is 1. The molecular formula is C21H20F3N5O2. The second kappa shape index (κ2) is 8.76. The maximum Gasteiger partial charge on any atom is 0.449 e. The van der Waals surface area contributed by atoms with E-state index in [1.807, 2.05) is 24.3 Å². The van der Waals surface area contributed by atoms with E-state index in [0.29, 0.717) is 13.2 Å². The van der Waals surface area contributed by atoms with Crippen LogP contribution in [0, 0.1) is 0 Å². The Bertz CT molecular complexity index is 1090. The molecule has 4 rings (SSSR count). The van der Waals surface area contributed by atoms with Crippen molar-refractivity contribution in [2.45, 2.75) is 12.7 Å². The van der Waals surface area contributed by atoms with Crippen molar-refractivity contribution in [2.24, 2.45) is 5.10 Å². The Kier molecular flexibility index (Phi) is 5.90. The summed E-state index contributed by atoms with van der Waals surface area (Å²) >= 11 is 0. The largest absolute Gasteiger partial charge is 0.449 e. The van der Waals surface area contributed by atoms with E-state index < -0.39 is 24.5 Å². The van der Waals surface area contributed by atoms with Crippen LogP contribution in [0.25, 0.3) is 11.0 Å². The third-order valence-electron chi connectivity index (χ3n) is 4.88. The van der Waals surface area contributed by atoms with E-state index in [2.05, 4.69) is 20.4 Å². The molecule has 10 heteroatoms. The van der Waals surface area contributed by atoms with Gasteiger partial charge in [-0.05, 0) is 29.8 Å². The summed E-state index contributed by atoms with van der Waals surface area (Å²) in [5.41, 5.74) is 4.50. The summed E-state index contributed by atoms with van der Waals surface area (Å²) in [4.78, 5) is 18.1. The van der Waals surface area contributed by atoms with Gasteiger partial charge in [0.1, 0.15) is 6.54 Å². The van der Waals surface area contributed by atoms with Gasteiger partial charge in [0.2, 0.25) is 5.82 Å². The maximum atomic E-state index is 13.3. The Labute approximate surface area is 176 Å². The molecule has 1 N–H and O–H groups in total. The van der Waals surface area contributed by atoms with Gasteiger partial charge >= 0.3 is 6.18 Å². The number of halogens is 3. The third-order valence-corrected chi connectivity index (χ3v) is 4.88. The van der Waals surface area contributed by atoms with Crippen molar-refractivity contribution in [2.75, 3.05) is 31.2 Å². The van der Waals surface area contributed by atoms with Crippen LogP contribution in [0.3, 0.4) is 0 Å². The number of ether oxygens (including phenoxy) is 1. The number of carbonyl (C=O) groups excluding carboxylic acids is 1. The number of nitrogens with zero attached hydrogens (tertiary/aromatic N) is 4. The van der Waals surface area contributed by atoms with Crippen LogP contribution in [-0.2, 0) is 22.3 Å². The fourth-order valence-electron chi connectivity index (χ4n) is 3.40. The molecule has 1 fully saturated rings. The SMILES string of the molecule is O=C(Cn1c(C(F)(F)F)nc2ccccc21)N/N=C/c1ccc(N2CCOCC2)cc1. The summed E-state index contributed by atoms with van der Waals surface area (Å²) in [6.07, 6.45) is -3.23. The molecule has 0 spiro atoms. The normalized spacial score (nSPS) is 15.0. The first kappa shape index (κ1) is 20.9. The van der Waals surface area contributed by atoms with Crippen molar-refractivity contribution >= 4 is 28.8 Å².